The zero-order valence-electron chi connectivity index (χ0n) is 17.1. The summed E-state index contributed by atoms with van der Waals surface area (Å²) < 4.78 is 90.5. The number of hydrogen-bond donors (Lipinski definition) is 0. The van der Waals surface area contributed by atoms with Crippen molar-refractivity contribution in [1.82, 2.24) is 0 Å². The van der Waals surface area contributed by atoms with Crippen molar-refractivity contribution in [2.75, 3.05) is 6.61 Å². The predicted molar refractivity (Wildman–Crippen MR) is 108 cm³/mol. The van der Waals surface area contributed by atoms with Crippen molar-refractivity contribution in [2.45, 2.75) is 37.3 Å². The van der Waals surface area contributed by atoms with Crippen LogP contribution in [0, 0.1) is 11.3 Å². The molecule has 1 aliphatic heterocycles. The minimum atomic E-state index is -4.73. The Labute approximate surface area is 185 Å². The molecule has 0 aliphatic carbocycles. The van der Waals surface area contributed by atoms with Crippen LogP contribution in [0.15, 0.2) is 54.0 Å². The van der Waals surface area contributed by atoms with Gasteiger partial charge in [0, 0.05) is 19.1 Å². The van der Waals surface area contributed by atoms with Crippen molar-refractivity contribution < 1.29 is 35.8 Å². The molecule has 2 unspecified atom stereocenters. The van der Waals surface area contributed by atoms with Crippen LogP contribution >= 0.6 is 0 Å². The molecular formula is C23H18F6N2O2. The first-order valence-corrected chi connectivity index (χ1v) is 9.79. The molecule has 2 aromatic rings. The molecule has 0 bridgehead atoms. The number of nitriles is 1. The van der Waals surface area contributed by atoms with Crippen molar-refractivity contribution >= 4 is 6.21 Å². The van der Waals surface area contributed by atoms with E-state index in [4.69, 9.17) is 14.7 Å². The van der Waals surface area contributed by atoms with E-state index in [9.17, 15) is 26.3 Å². The van der Waals surface area contributed by atoms with Gasteiger partial charge < -0.3 is 9.47 Å². The maximum atomic E-state index is 13.3. The Bertz CT molecular complexity index is 1080. The minimum absolute atomic E-state index is 0.00167. The summed E-state index contributed by atoms with van der Waals surface area (Å²) >= 11 is 0. The van der Waals surface area contributed by atoms with Crippen LogP contribution in [0.3, 0.4) is 0 Å². The van der Waals surface area contributed by atoms with Gasteiger partial charge in [-0.1, -0.05) is 12.1 Å². The lowest BCUT2D eigenvalue weighted by Gasteiger charge is -2.20. The lowest BCUT2D eigenvalue weighted by Crippen LogP contribution is -2.20. The lowest BCUT2D eigenvalue weighted by molar-refractivity contribution is -0.138. The second-order valence-corrected chi connectivity index (χ2v) is 7.21. The fourth-order valence-corrected chi connectivity index (χ4v) is 3.17. The fourth-order valence-electron chi connectivity index (χ4n) is 3.17. The first-order chi connectivity index (χ1) is 15.5. The van der Waals surface area contributed by atoms with Crippen LogP contribution in [-0.2, 0) is 12.4 Å². The standard InChI is InChI=1S/C23H18F6N2O2/c1-2-3-15(33-17-5-4-14(12-30)19(11-17)22(24,25)26)8-9-32-16-6-7-18(21-13-31-21)20(10-16)23(27,28)29/h2,4-7,10-11,13,15,21H,1,3,8-9H2. The normalized spacial score (nSPS) is 16.1. The summed E-state index contributed by atoms with van der Waals surface area (Å²) in [5.74, 6) is -0.0943. The molecule has 2 aromatic carbocycles. The van der Waals surface area contributed by atoms with Crippen LogP contribution in [0.2, 0.25) is 0 Å². The monoisotopic (exact) mass is 468 g/mol. The Morgan fingerprint density at radius 2 is 1.67 bits per heavy atom. The molecule has 0 saturated carbocycles. The van der Waals surface area contributed by atoms with E-state index >= 15 is 0 Å². The highest BCUT2D eigenvalue weighted by molar-refractivity contribution is 5.80. The Morgan fingerprint density at radius 3 is 2.24 bits per heavy atom. The Morgan fingerprint density at radius 1 is 1.03 bits per heavy atom. The summed E-state index contributed by atoms with van der Waals surface area (Å²) in [4.78, 5) is 3.77. The Hall–Kier alpha value is -3.48. The van der Waals surface area contributed by atoms with Gasteiger partial charge in [-0.2, -0.15) is 31.6 Å². The molecule has 0 amide bonds. The summed E-state index contributed by atoms with van der Waals surface area (Å²) in [6, 6.07) is 7.54. The molecule has 0 fully saturated rings. The van der Waals surface area contributed by atoms with Gasteiger partial charge >= 0.3 is 12.4 Å². The van der Waals surface area contributed by atoms with Crippen molar-refractivity contribution in [3.05, 3.63) is 71.3 Å². The van der Waals surface area contributed by atoms with E-state index in [1.807, 2.05) is 0 Å². The van der Waals surface area contributed by atoms with Crippen LogP contribution in [0.5, 0.6) is 11.5 Å². The zero-order valence-corrected chi connectivity index (χ0v) is 17.1. The summed E-state index contributed by atoms with van der Waals surface area (Å²) in [7, 11) is 0. The average molecular weight is 468 g/mol. The molecule has 0 N–H and O–H groups in total. The van der Waals surface area contributed by atoms with E-state index in [2.05, 4.69) is 11.6 Å². The van der Waals surface area contributed by atoms with Gasteiger partial charge in [0.2, 0.25) is 0 Å². The molecule has 0 aromatic heterocycles. The number of hydrogen-bond acceptors (Lipinski definition) is 4. The maximum Gasteiger partial charge on any atom is 0.417 e. The van der Waals surface area contributed by atoms with Gasteiger partial charge in [-0.3, -0.25) is 4.99 Å². The number of alkyl halides is 6. The number of benzene rings is 2. The van der Waals surface area contributed by atoms with E-state index in [1.54, 1.807) is 0 Å². The van der Waals surface area contributed by atoms with Crippen molar-refractivity contribution in [3.63, 3.8) is 0 Å². The van der Waals surface area contributed by atoms with Gasteiger partial charge in [0.15, 0.2) is 0 Å². The number of nitrogens with zero attached hydrogens (tertiary/aromatic N) is 2. The van der Waals surface area contributed by atoms with Gasteiger partial charge in [0.25, 0.3) is 0 Å². The van der Waals surface area contributed by atoms with E-state index < -0.39 is 41.2 Å². The van der Waals surface area contributed by atoms with Crippen LogP contribution in [0.4, 0.5) is 26.3 Å². The summed E-state index contributed by atoms with van der Waals surface area (Å²) in [5, 5.41) is 8.89. The maximum absolute atomic E-state index is 13.3. The highest BCUT2D eigenvalue weighted by Crippen LogP contribution is 2.40. The molecule has 0 saturated heterocycles. The fraction of sp³-hybridized carbons (Fsp3) is 0.304. The second kappa shape index (κ2) is 9.57. The quantitative estimate of drug-likeness (QED) is 0.311. The summed E-state index contributed by atoms with van der Waals surface area (Å²) in [6.45, 7) is 3.54. The molecule has 0 radical (unpaired) electrons. The van der Waals surface area contributed by atoms with Gasteiger partial charge in [-0.05, 0) is 35.9 Å². The van der Waals surface area contributed by atoms with E-state index in [1.165, 1.54) is 36.6 Å². The van der Waals surface area contributed by atoms with Gasteiger partial charge in [0.1, 0.15) is 23.6 Å². The molecular weight excluding hydrogens is 450 g/mol. The number of aliphatic imine (C=N–C) groups is 1. The first kappa shape index (κ1) is 24.2. The largest absolute Gasteiger partial charge is 0.493 e. The number of ether oxygens (including phenoxy) is 2. The highest BCUT2D eigenvalue weighted by Gasteiger charge is 2.37. The topological polar surface area (TPSA) is 54.6 Å². The minimum Gasteiger partial charge on any atom is -0.493 e. The first-order valence-electron chi connectivity index (χ1n) is 9.79. The van der Waals surface area contributed by atoms with Crippen molar-refractivity contribution in [3.8, 4) is 17.6 Å². The molecule has 1 heterocycles. The number of rotatable bonds is 9. The molecule has 10 heteroatoms. The summed E-state index contributed by atoms with van der Waals surface area (Å²) in [5.41, 5.74) is -2.43. The predicted octanol–water partition coefficient (Wildman–Crippen LogP) is 6.51. The van der Waals surface area contributed by atoms with Crippen LogP contribution in [-0.4, -0.2) is 18.9 Å². The van der Waals surface area contributed by atoms with Crippen molar-refractivity contribution in [2.24, 2.45) is 4.99 Å². The number of halogens is 6. The third kappa shape index (κ3) is 6.28. The summed E-state index contributed by atoms with van der Waals surface area (Å²) in [6.07, 6.45) is -6.59. The van der Waals surface area contributed by atoms with Gasteiger partial charge in [-0.25, -0.2) is 0 Å². The highest BCUT2D eigenvalue weighted by atomic mass is 19.4. The molecule has 1 aliphatic rings. The molecule has 33 heavy (non-hydrogen) atoms. The lowest BCUT2D eigenvalue weighted by atomic mass is 10.0. The van der Waals surface area contributed by atoms with Gasteiger partial charge in [0.05, 0.1) is 29.4 Å². The molecule has 0 spiro atoms. The average Bonchev–Trinajstić information content (AvgIpc) is 3.58. The third-order valence-electron chi connectivity index (χ3n) is 4.80. The Kier molecular flexibility index (Phi) is 7.01. The Balaban J connectivity index is 1.67. The molecule has 3 rings (SSSR count). The second-order valence-electron chi connectivity index (χ2n) is 7.21. The molecule has 2 atom stereocenters. The molecule has 4 nitrogen and oxygen atoms in total. The van der Waals surface area contributed by atoms with Gasteiger partial charge in [-0.15, -0.1) is 6.58 Å². The zero-order chi connectivity index (χ0) is 24.2. The SMILES string of the molecule is C=CCC(CCOc1ccc(C2C=N2)c(C(F)(F)F)c1)Oc1ccc(C#N)c(C(F)(F)F)c1. The van der Waals surface area contributed by atoms with E-state index in [-0.39, 0.29) is 36.5 Å². The van der Waals surface area contributed by atoms with E-state index in [0.717, 1.165) is 18.2 Å². The third-order valence-corrected chi connectivity index (χ3v) is 4.80. The smallest absolute Gasteiger partial charge is 0.417 e. The van der Waals surface area contributed by atoms with Crippen LogP contribution in [0.25, 0.3) is 0 Å². The van der Waals surface area contributed by atoms with Crippen molar-refractivity contribution in [1.29, 1.82) is 5.26 Å². The van der Waals surface area contributed by atoms with Crippen LogP contribution in [0.1, 0.15) is 41.1 Å². The molecule has 174 valence electrons. The van der Waals surface area contributed by atoms with Crippen LogP contribution < -0.4 is 9.47 Å². The van der Waals surface area contributed by atoms with E-state index in [0.29, 0.717) is 0 Å².